The maximum atomic E-state index is 13.2. The first-order chi connectivity index (χ1) is 14.9. The molecule has 2 aromatic heterocycles. The fourth-order valence-electron chi connectivity index (χ4n) is 4.68. The maximum absolute atomic E-state index is 13.2. The van der Waals surface area contributed by atoms with Gasteiger partial charge in [0.1, 0.15) is 11.4 Å². The Bertz CT molecular complexity index is 1140. The first kappa shape index (κ1) is 20.5. The van der Waals surface area contributed by atoms with Gasteiger partial charge in [0.2, 0.25) is 0 Å². The molecule has 4 heterocycles. The Hall–Kier alpha value is -2.42. The molecule has 2 fully saturated rings. The lowest BCUT2D eigenvalue weighted by atomic mass is 10.0. The number of hydrogen-bond donors (Lipinski definition) is 0. The summed E-state index contributed by atoms with van der Waals surface area (Å²) in [5.41, 5.74) is 4.95. The molecule has 0 bridgehead atoms. The molecule has 162 valence electrons. The van der Waals surface area contributed by atoms with E-state index in [1.165, 1.54) is 11.3 Å². The van der Waals surface area contributed by atoms with Gasteiger partial charge in [-0.3, -0.25) is 14.5 Å². The molecule has 0 spiro atoms. The molecule has 0 atom stereocenters. The second-order valence-corrected chi connectivity index (χ2v) is 9.42. The molecule has 0 unspecified atom stereocenters. The van der Waals surface area contributed by atoms with Gasteiger partial charge in [-0.05, 0) is 30.7 Å². The highest BCUT2D eigenvalue weighted by Crippen LogP contribution is 2.29. The number of amides is 2. The molecule has 1 aromatic carbocycles. The van der Waals surface area contributed by atoms with Crippen LogP contribution in [0.25, 0.3) is 10.9 Å². The monoisotopic (exact) mass is 457 g/mol. The van der Waals surface area contributed by atoms with Crippen molar-refractivity contribution in [1.29, 1.82) is 0 Å². The van der Waals surface area contributed by atoms with E-state index in [1.807, 2.05) is 46.5 Å². The van der Waals surface area contributed by atoms with E-state index in [4.69, 9.17) is 11.6 Å². The summed E-state index contributed by atoms with van der Waals surface area (Å²) < 4.78 is 1.97. The molecule has 31 heavy (non-hydrogen) atoms. The predicted octanol–water partition coefficient (Wildman–Crippen LogP) is 2.88. The first-order valence-electron chi connectivity index (χ1n) is 10.4. The van der Waals surface area contributed by atoms with Crippen molar-refractivity contribution in [3.05, 3.63) is 51.1 Å². The lowest BCUT2D eigenvalue weighted by Crippen LogP contribution is -2.64. The second-order valence-electron chi connectivity index (χ2n) is 8.26. The van der Waals surface area contributed by atoms with Crippen molar-refractivity contribution in [3.8, 4) is 0 Å². The number of carbonyl (C=O) groups excluding carboxylic acids is 2. The number of halogens is 1. The number of nitrogens with zero attached hydrogens (tertiary/aromatic N) is 5. The van der Waals surface area contributed by atoms with Crippen LogP contribution in [0.3, 0.4) is 0 Å². The molecule has 5 rings (SSSR count). The van der Waals surface area contributed by atoms with Crippen LogP contribution in [0.15, 0.2) is 29.1 Å². The lowest BCUT2D eigenvalue weighted by Gasteiger charge is -2.48. The minimum atomic E-state index is 0.0117. The Morgan fingerprint density at radius 3 is 2.52 bits per heavy atom. The Balaban J connectivity index is 1.20. The highest BCUT2D eigenvalue weighted by atomic mass is 35.5. The van der Waals surface area contributed by atoms with E-state index in [0.29, 0.717) is 29.8 Å². The van der Waals surface area contributed by atoms with Gasteiger partial charge < -0.3 is 14.4 Å². The van der Waals surface area contributed by atoms with Gasteiger partial charge in [-0.25, -0.2) is 4.98 Å². The minimum Gasteiger partial charge on any atom is -0.339 e. The minimum absolute atomic E-state index is 0.0117. The summed E-state index contributed by atoms with van der Waals surface area (Å²) in [6.45, 7) is 6.49. The summed E-state index contributed by atoms with van der Waals surface area (Å²) in [6, 6.07) is 6.10. The first-order valence-corrected chi connectivity index (χ1v) is 11.7. The van der Waals surface area contributed by atoms with Crippen LogP contribution in [0.2, 0.25) is 5.02 Å². The number of fused-ring (bicyclic) bond motifs is 1. The largest absolute Gasteiger partial charge is 0.339 e. The van der Waals surface area contributed by atoms with E-state index in [1.54, 1.807) is 10.9 Å². The fraction of sp³-hybridized carbons (Fsp3) is 0.409. The summed E-state index contributed by atoms with van der Waals surface area (Å²) in [4.78, 5) is 36.0. The molecule has 2 aliphatic heterocycles. The molecule has 2 saturated heterocycles. The highest BCUT2D eigenvalue weighted by Gasteiger charge is 2.38. The number of aryl methyl sites for hydroxylation is 2. The second kappa shape index (κ2) is 7.93. The average molecular weight is 458 g/mol. The number of hydrogen-bond acceptors (Lipinski definition) is 5. The van der Waals surface area contributed by atoms with Crippen molar-refractivity contribution >= 4 is 45.7 Å². The van der Waals surface area contributed by atoms with E-state index >= 15 is 0 Å². The van der Waals surface area contributed by atoms with Crippen molar-refractivity contribution in [3.63, 3.8) is 0 Å². The van der Waals surface area contributed by atoms with Gasteiger partial charge in [0.25, 0.3) is 11.8 Å². The van der Waals surface area contributed by atoms with Crippen molar-refractivity contribution in [2.75, 3.05) is 39.3 Å². The molecule has 7 nitrogen and oxygen atoms in total. The summed E-state index contributed by atoms with van der Waals surface area (Å²) in [5, 5.41) is 3.50. The van der Waals surface area contributed by atoms with Gasteiger partial charge in [-0.15, -0.1) is 11.3 Å². The molecule has 0 radical (unpaired) electrons. The number of carbonyl (C=O) groups is 2. The molecule has 0 aliphatic carbocycles. The van der Waals surface area contributed by atoms with Crippen LogP contribution in [-0.2, 0) is 7.05 Å². The molecule has 3 aromatic rings. The van der Waals surface area contributed by atoms with E-state index in [2.05, 4.69) is 9.88 Å². The van der Waals surface area contributed by atoms with E-state index in [9.17, 15) is 9.59 Å². The van der Waals surface area contributed by atoms with Gasteiger partial charge in [-0.2, -0.15) is 0 Å². The third kappa shape index (κ3) is 3.52. The number of likely N-dealkylation sites (tertiary alicyclic amines) is 1. The Morgan fingerprint density at radius 2 is 1.84 bits per heavy atom. The summed E-state index contributed by atoms with van der Waals surface area (Å²) in [6.07, 6.45) is 0. The van der Waals surface area contributed by atoms with Gasteiger partial charge in [-0.1, -0.05) is 11.6 Å². The van der Waals surface area contributed by atoms with Crippen molar-refractivity contribution < 1.29 is 9.59 Å². The number of piperazine rings is 1. The third-order valence-corrected chi connectivity index (χ3v) is 7.36. The van der Waals surface area contributed by atoms with Gasteiger partial charge >= 0.3 is 0 Å². The van der Waals surface area contributed by atoms with Crippen molar-refractivity contribution in [2.24, 2.45) is 7.05 Å². The average Bonchev–Trinajstić information content (AvgIpc) is 3.34. The van der Waals surface area contributed by atoms with Crippen molar-refractivity contribution in [2.45, 2.75) is 13.0 Å². The standard InChI is InChI=1S/C22H24ClN5O2S/c1-14-17-9-15(23)3-4-19(17)25(2)20(14)22(30)28-10-16(11-28)26-5-7-27(8-6-26)21(29)18-12-31-13-24-18/h3-4,9,12-13,16H,5-8,10-11H2,1-2H3. The molecular formula is C22H24ClN5O2S. The van der Waals surface area contributed by atoms with Gasteiger partial charge in [0.15, 0.2) is 0 Å². The molecule has 0 N–H and O–H groups in total. The molecule has 0 saturated carbocycles. The van der Waals surface area contributed by atoms with Gasteiger partial charge in [0, 0.05) is 73.7 Å². The zero-order chi connectivity index (χ0) is 21.7. The Labute approximate surface area is 189 Å². The zero-order valence-corrected chi connectivity index (χ0v) is 19.1. The molecule has 2 amide bonds. The molecular weight excluding hydrogens is 434 g/mol. The van der Waals surface area contributed by atoms with E-state index < -0.39 is 0 Å². The maximum Gasteiger partial charge on any atom is 0.273 e. The van der Waals surface area contributed by atoms with Crippen LogP contribution in [0.4, 0.5) is 0 Å². The van der Waals surface area contributed by atoms with Crippen LogP contribution in [0, 0.1) is 6.92 Å². The topological polar surface area (TPSA) is 61.7 Å². The number of thiazole rings is 1. The van der Waals surface area contributed by atoms with E-state index in [-0.39, 0.29) is 11.8 Å². The molecule has 9 heteroatoms. The molecule has 2 aliphatic rings. The summed E-state index contributed by atoms with van der Waals surface area (Å²) >= 11 is 7.60. The Morgan fingerprint density at radius 1 is 1.10 bits per heavy atom. The van der Waals surface area contributed by atoms with Crippen LogP contribution < -0.4 is 0 Å². The van der Waals surface area contributed by atoms with Crippen LogP contribution >= 0.6 is 22.9 Å². The predicted molar refractivity (Wildman–Crippen MR) is 122 cm³/mol. The van der Waals surface area contributed by atoms with Crippen LogP contribution in [0.1, 0.15) is 26.5 Å². The van der Waals surface area contributed by atoms with Crippen LogP contribution in [-0.4, -0.2) is 81.4 Å². The third-order valence-electron chi connectivity index (χ3n) is 6.54. The fourth-order valence-corrected chi connectivity index (χ4v) is 5.37. The number of benzene rings is 1. The van der Waals surface area contributed by atoms with Crippen LogP contribution in [0.5, 0.6) is 0 Å². The SMILES string of the molecule is Cc1c(C(=O)N2CC(N3CCN(C(=O)c4cscn4)CC3)C2)n(C)c2ccc(Cl)cc12. The number of aromatic nitrogens is 2. The summed E-state index contributed by atoms with van der Waals surface area (Å²) in [7, 11) is 1.94. The van der Waals surface area contributed by atoms with Gasteiger partial charge in [0.05, 0.1) is 5.51 Å². The quantitative estimate of drug-likeness (QED) is 0.606. The lowest BCUT2D eigenvalue weighted by molar-refractivity contribution is 0.00794. The highest BCUT2D eigenvalue weighted by molar-refractivity contribution is 7.07. The smallest absolute Gasteiger partial charge is 0.273 e. The summed E-state index contributed by atoms with van der Waals surface area (Å²) in [5.74, 6) is 0.0820. The van der Waals surface area contributed by atoms with E-state index in [0.717, 1.165) is 48.3 Å². The Kier molecular flexibility index (Phi) is 5.24. The van der Waals surface area contributed by atoms with Crippen molar-refractivity contribution in [1.82, 2.24) is 24.3 Å². The number of rotatable bonds is 3. The normalized spacial score (nSPS) is 17.9. The zero-order valence-electron chi connectivity index (χ0n) is 17.5.